The number of aliphatic hydroxyl groups excluding tert-OH is 6. The number of nitrogens with one attached hydrogen (secondary N) is 21. The Labute approximate surface area is 857 Å². The van der Waals surface area contributed by atoms with E-state index in [9.17, 15) is 141 Å². The number of primary amides is 2. The Hall–Kier alpha value is -14.0. The summed E-state index contributed by atoms with van der Waals surface area (Å²) in [5.74, 6) is -25.3. The van der Waals surface area contributed by atoms with Crippen LogP contribution in [0.1, 0.15) is 142 Å². The van der Waals surface area contributed by atoms with Crippen LogP contribution in [0.5, 0.6) is 0 Å². The van der Waals surface area contributed by atoms with Gasteiger partial charge in [0.15, 0.2) is 5.96 Å². The number of rotatable bonds is 74. The summed E-state index contributed by atoms with van der Waals surface area (Å²) in [6.45, 7) is -0.156. The summed E-state index contributed by atoms with van der Waals surface area (Å²) in [6, 6.07) is -12.1. The van der Waals surface area contributed by atoms with E-state index in [4.69, 9.17) is 45.5 Å². The lowest BCUT2D eigenvalue weighted by Crippen LogP contribution is -2.62. The summed E-state index contributed by atoms with van der Waals surface area (Å²) in [4.78, 5) is 299. The largest absolute Gasteiger partial charge is 0.480 e. The first kappa shape index (κ1) is 130. The highest BCUT2D eigenvalue weighted by atomic mass is 32.2. The van der Waals surface area contributed by atoms with Crippen LogP contribution in [-0.4, -0.2) is 371 Å². The number of amides is 21. The lowest BCUT2D eigenvalue weighted by atomic mass is 10.0. The van der Waals surface area contributed by atoms with E-state index in [0.717, 1.165) is 13.8 Å². The van der Waals surface area contributed by atoms with Gasteiger partial charge in [0.1, 0.15) is 103 Å². The fourth-order valence-electron chi connectivity index (χ4n) is 13.9. The topological polar surface area (TPSA) is 964 Å². The minimum atomic E-state index is -2.02. The predicted molar refractivity (Wildman–Crippen MR) is 531 cm³/mol. The Morgan fingerprint density at radius 3 is 1.05 bits per heavy atom. The zero-order chi connectivity index (χ0) is 111. The third-order valence-electron chi connectivity index (χ3n) is 22.2. The van der Waals surface area contributed by atoms with Gasteiger partial charge in [0.2, 0.25) is 124 Å². The molecule has 148 heavy (non-hydrogen) atoms. The summed E-state index contributed by atoms with van der Waals surface area (Å²) in [6.07, 6.45) is -3.66. The highest BCUT2D eigenvalue weighted by Gasteiger charge is 2.40. The van der Waals surface area contributed by atoms with E-state index in [2.05, 4.69) is 106 Å². The second-order valence-electron chi connectivity index (χ2n) is 34.8. The van der Waals surface area contributed by atoms with Crippen LogP contribution in [0.3, 0.4) is 0 Å². The lowest BCUT2D eigenvalue weighted by molar-refractivity contribution is -0.143. The highest BCUT2D eigenvalue weighted by molar-refractivity contribution is 7.98. The van der Waals surface area contributed by atoms with Crippen molar-refractivity contribution in [2.75, 3.05) is 84.2 Å². The number of carbonyl (C=O) groups is 22. The van der Waals surface area contributed by atoms with Crippen LogP contribution in [-0.2, 0) is 118 Å². The van der Waals surface area contributed by atoms with Crippen LogP contribution < -0.4 is 146 Å². The minimum Gasteiger partial charge on any atom is -0.480 e. The number of thioether (sulfide) groups is 1. The average Bonchev–Trinajstić information content (AvgIpc) is 0.845. The molecule has 19 atom stereocenters. The molecule has 0 heterocycles. The Morgan fingerprint density at radius 2 is 0.662 bits per heavy atom. The fourth-order valence-corrected chi connectivity index (χ4v) is 14.3. The van der Waals surface area contributed by atoms with E-state index >= 15 is 0 Å². The molecular weight excluding hydrogens is 1970 g/mol. The fraction of sp³-hybridized carbons (Fsp3) is 0.611. The van der Waals surface area contributed by atoms with Crippen LogP contribution in [0.4, 0.5) is 0 Å². The van der Waals surface area contributed by atoms with Crippen molar-refractivity contribution in [1.29, 1.82) is 5.41 Å². The number of carboxylic acids is 1. The third kappa shape index (κ3) is 50.4. The van der Waals surface area contributed by atoms with Gasteiger partial charge < -0.3 is 182 Å². The van der Waals surface area contributed by atoms with Crippen molar-refractivity contribution < 1.29 is 141 Å². The molecule has 2 aromatic carbocycles. The Balaban J connectivity index is 2.34. The SMILES string of the molecule is CSCC[C@H](NC(=O)CNC(=O)[C@@H](NC(=O)CNC(=O)[C@@H](NC(=O)CNC(=O)[C@H](CC(N)=O)NC(=O)[C@H](CO)NC(=O)[C@H](Cc1ccccc1)NC(=O)[C@@H](N)CO)C(C)C)[C@@H](C)O)C(=O)N[C@@H](CCCCN)C(=O)N[C@@H](CCCCN)C(=O)N[C@H](C(=O)N[C@@H](CO)C(=O)N[C@@H](Cc1ccccc1)C(=O)N[C@@H](CCC(N)=O)C(=O)N[C@@H](CCCNC(=N)N)C(=O)N[C@@H](C)C(=O)N[C@@H](CCCCN)C(=O)N[C@@H](CO)C(=O)O)[C@@H](C)O. The maximum absolute atomic E-state index is 14.7. The van der Waals surface area contributed by atoms with Gasteiger partial charge in [-0.05, 0) is 153 Å². The predicted octanol–water partition coefficient (Wildman–Crippen LogP) is -15.1. The highest BCUT2D eigenvalue weighted by Crippen LogP contribution is 2.15. The molecule has 57 nitrogen and oxygen atoms in total. The van der Waals surface area contributed by atoms with E-state index in [0.29, 0.717) is 24.0 Å². The van der Waals surface area contributed by atoms with Crippen molar-refractivity contribution in [3.8, 4) is 0 Å². The number of guanidine groups is 1. The number of unbranched alkanes of at least 4 members (excludes halogenated alkanes) is 3. The van der Waals surface area contributed by atoms with E-state index in [1.165, 1.54) is 32.5 Å². The molecule has 0 unspecified atom stereocenters. The van der Waals surface area contributed by atoms with Gasteiger partial charge in [-0.1, -0.05) is 74.5 Å². The average molecular weight is 2120 g/mol. The number of aliphatic carboxylic acids is 1. The molecule has 42 N–H and O–H groups in total. The normalized spacial score (nSPS) is 14.9. The molecule has 0 aromatic heterocycles. The van der Waals surface area contributed by atoms with Gasteiger partial charge in [-0.2, -0.15) is 11.8 Å². The lowest BCUT2D eigenvalue weighted by Gasteiger charge is -2.29. The van der Waals surface area contributed by atoms with Gasteiger partial charge in [-0.3, -0.25) is 106 Å². The quantitative estimate of drug-likeness (QED) is 0.0166. The molecule has 0 aliphatic carbocycles. The summed E-state index contributed by atoms with van der Waals surface area (Å²) in [7, 11) is 0. The summed E-state index contributed by atoms with van der Waals surface area (Å²) < 4.78 is 0. The first-order valence-corrected chi connectivity index (χ1v) is 49.2. The molecule has 0 radical (unpaired) electrons. The molecular formula is C90H148N28O29S. The molecule has 0 bridgehead atoms. The maximum Gasteiger partial charge on any atom is 0.328 e. The number of benzene rings is 2. The minimum absolute atomic E-state index is 0.00466. The molecule has 0 spiro atoms. The van der Waals surface area contributed by atoms with Crippen LogP contribution in [0.15, 0.2) is 60.7 Å². The van der Waals surface area contributed by atoms with Crippen LogP contribution in [0.25, 0.3) is 0 Å². The van der Waals surface area contributed by atoms with E-state index in [1.54, 1.807) is 66.9 Å². The van der Waals surface area contributed by atoms with Gasteiger partial charge in [0.25, 0.3) is 0 Å². The molecule has 2 aromatic rings. The second-order valence-corrected chi connectivity index (χ2v) is 35.8. The number of carbonyl (C=O) groups excluding carboxylic acids is 21. The van der Waals surface area contributed by atoms with Crippen molar-refractivity contribution in [3.63, 3.8) is 0 Å². The Bertz CT molecular complexity index is 4710. The van der Waals surface area contributed by atoms with E-state index in [-0.39, 0.29) is 109 Å². The molecule has 21 amide bonds. The van der Waals surface area contributed by atoms with Gasteiger partial charge in [0.05, 0.1) is 64.7 Å². The molecule has 0 saturated carbocycles. The van der Waals surface area contributed by atoms with Gasteiger partial charge in [-0.25, -0.2) is 4.79 Å². The first-order chi connectivity index (χ1) is 70.0. The van der Waals surface area contributed by atoms with Crippen LogP contribution in [0, 0.1) is 11.3 Å². The molecule has 0 fully saturated rings. The van der Waals surface area contributed by atoms with Crippen molar-refractivity contribution in [2.45, 2.75) is 259 Å². The van der Waals surface area contributed by atoms with Crippen LogP contribution >= 0.6 is 11.8 Å². The zero-order valence-corrected chi connectivity index (χ0v) is 84.2. The second kappa shape index (κ2) is 70.7. The molecule has 0 saturated heterocycles. The van der Waals surface area contributed by atoms with E-state index < -0.39 is 322 Å². The Kier molecular flexibility index (Phi) is 62.2. The van der Waals surface area contributed by atoms with E-state index in [1.807, 2.05) is 0 Å². The summed E-state index contributed by atoms with van der Waals surface area (Å²) >= 11 is 1.24. The van der Waals surface area contributed by atoms with Crippen molar-refractivity contribution >= 4 is 148 Å². The van der Waals surface area contributed by atoms with Crippen molar-refractivity contribution in [2.24, 2.45) is 46.1 Å². The number of nitrogens with two attached hydrogens (primary N) is 7. The van der Waals surface area contributed by atoms with Crippen molar-refractivity contribution in [1.82, 2.24) is 106 Å². The van der Waals surface area contributed by atoms with Gasteiger partial charge in [-0.15, -0.1) is 0 Å². The smallest absolute Gasteiger partial charge is 0.328 e. The molecule has 58 heteroatoms. The molecule has 0 aliphatic rings. The van der Waals surface area contributed by atoms with Gasteiger partial charge in [0, 0.05) is 25.8 Å². The van der Waals surface area contributed by atoms with Crippen LogP contribution in [0.2, 0.25) is 0 Å². The number of hydrogen-bond acceptors (Lipinski definition) is 34. The summed E-state index contributed by atoms with van der Waals surface area (Å²) in [5.41, 5.74) is 40.1. The monoisotopic (exact) mass is 2120 g/mol. The zero-order valence-electron chi connectivity index (χ0n) is 83.4. The number of hydrogen-bond donors (Lipinski definition) is 35. The first-order valence-electron chi connectivity index (χ1n) is 47.8. The molecule has 828 valence electrons. The number of carboxylic acid groups (broad SMARTS) is 1. The Morgan fingerprint density at radius 1 is 0.331 bits per heavy atom. The molecule has 2 rings (SSSR count). The van der Waals surface area contributed by atoms with Gasteiger partial charge >= 0.3 is 5.97 Å². The standard InChI is InChI=1S/C90H148N28O29S/c1-46(2)70(116-68(128)40-100-75(132)61(38-66(96)126)112-84(141)62(43-120)113-83(140)59(110-74(131)52(94)42-119)36-50-20-9-7-10-21-50)86(143)101-41-69(129)117-71(48(4)123)87(144)102-39-67(127)104-58(30-35-148-6)80(137)106-54(25-14-17-32-92)77(134)107-55(26-15-18-33-93)81(138)118-72(49(5)124)88(145)114-63(44-121)85(142)111-60(37-51-22-11-8-12-23-51)82(139)109-57(28-29-65(95)125)79(136)108-56(27-19-34-99-90(97)98)76(133)103-47(3)73(130)105-53(24-13-16-31-91)78(135)115-64(45-122)89(146)147/h7-12,20-23,46-49,52-64,70-72,119-124H,13-19,24-45,91-94H2,1-6H3,(H2,95,125)(H2,96,126)(H,100,132)(H,101,143)(H,102,144)(H,103,133)(H,104,127)(H,105,130)(H,106,137)(H,107,134)(H,108,136)(H,109,139)(H,110,131)(H,111,142)(H,112,141)(H,113,140)(H,114,145)(H,115,135)(H,116,128)(H,117,129)(H,118,138)(H,146,147)(H4,97,98,99)/t47-,48+,49+,52-,53-,54-,55-,56-,57-,58-,59-,60-,61-,62-,63-,64-,70-,71-,72-/m0/s1. The molecule has 0 aliphatic heterocycles. The number of aliphatic hydroxyl groups is 6. The maximum atomic E-state index is 14.7. The summed E-state index contributed by atoms with van der Waals surface area (Å²) in [5, 5.41) is 126. The van der Waals surface area contributed by atoms with Crippen molar-refractivity contribution in [3.05, 3.63) is 71.8 Å². The third-order valence-corrected chi connectivity index (χ3v) is 22.8.